The summed E-state index contributed by atoms with van der Waals surface area (Å²) in [5, 5.41) is -0.211. The molecule has 1 aliphatic rings. The molecule has 1 unspecified atom stereocenters. The van der Waals surface area contributed by atoms with Crippen LogP contribution in [0.1, 0.15) is 16.5 Å². The summed E-state index contributed by atoms with van der Waals surface area (Å²) in [5.41, 5.74) is 1.82. The zero-order chi connectivity index (χ0) is 18.5. The molecule has 2 atom stereocenters. The molecular formula is C20H24FN2OS2+. The first kappa shape index (κ1) is 19.3. The van der Waals surface area contributed by atoms with Gasteiger partial charge in [0.1, 0.15) is 17.7 Å². The van der Waals surface area contributed by atoms with E-state index in [1.807, 2.05) is 18.0 Å². The van der Waals surface area contributed by atoms with Crippen molar-refractivity contribution in [1.29, 1.82) is 0 Å². The lowest BCUT2D eigenvalue weighted by Crippen LogP contribution is -3.08. The molecule has 1 aliphatic heterocycles. The minimum absolute atomic E-state index is 0.0847. The number of carbonyl (C=O) groups excluding carboxylic acids is 1. The first-order chi connectivity index (χ1) is 12.6. The minimum Gasteiger partial charge on any atom is -0.326 e. The van der Waals surface area contributed by atoms with Gasteiger partial charge >= 0.3 is 0 Å². The fourth-order valence-corrected chi connectivity index (χ4v) is 4.88. The van der Waals surface area contributed by atoms with E-state index in [0.717, 1.165) is 17.2 Å². The monoisotopic (exact) mass is 391 g/mol. The quantitative estimate of drug-likeness (QED) is 0.767. The van der Waals surface area contributed by atoms with E-state index < -0.39 is 0 Å². The number of hydrogen-bond donors (Lipinski definition) is 1. The van der Waals surface area contributed by atoms with Crippen LogP contribution in [0.15, 0.2) is 53.4 Å². The van der Waals surface area contributed by atoms with Crippen molar-refractivity contribution in [2.75, 3.05) is 32.1 Å². The largest absolute Gasteiger partial charge is 0.326 e. The molecule has 3 rings (SSSR count). The second kappa shape index (κ2) is 8.93. The molecule has 0 aliphatic carbocycles. The molecule has 26 heavy (non-hydrogen) atoms. The maximum absolute atomic E-state index is 14.1. The molecule has 138 valence electrons. The summed E-state index contributed by atoms with van der Waals surface area (Å²) in [7, 11) is 2.03. The number of nitrogens with one attached hydrogen (secondary N) is 1. The maximum Gasteiger partial charge on any atom is 0.278 e. The lowest BCUT2D eigenvalue weighted by molar-refractivity contribution is -0.885. The molecule has 1 fully saturated rings. The van der Waals surface area contributed by atoms with Crippen LogP contribution >= 0.6 is 23.5 Å². The summed E-state index contributed by atoms with van der Waals surface area (Å²) in [6.45, 7) is 1.89. The Hall–Kier alpha value is -1.50. The molecule has 0 bridgehead atoms. The minimum atomic E-state index is -0.237. The van der Waals surface area contributed by atoms with Gasteiger partial charge in [-0.1, -0.05) is 30.3 Å². The fraction of sp³-hybridized carbons (Fsp3) is 0.350. The molecule has 3 nitrogen and oxygen atoms in total. The van der Waals surface area contributed by atoms with Crippen molar-refractivity contribution in [3.05, 3.63) is 65.5 Å². The Morgan fingerprint density at radius 3 is 2.69 bits per heavy atom. The van der Waals surface area contributed by atoms with E-state index in [2.05, 4.69) is 30.5 Å². The third-order valence-electron chi connectivity index (χ3n) is 4.50. The Balaban J connectivity index is 1.62. The summed E-state index contributed by atoms with van der Waals surface area (Å²) < 4.78 is 14.1. The topological polar surface area (TPSA) is 24.8 Å². The van der Waals surface area contributed by atoms with Crippen LogP contribution in [0.5, 0.6) is 0 Å². The average molecular weight is 392 g/mol. The summed E-state index contributed by atoms with van der Waals surface area (Å²) in [6, 6.07) is 15.2. The SMILES string of the molecule is CSc1ccc(C[NH+](C)CC(=O)N2CCS[C@H]2c2ccccc2F)cc1. The number of amides is 1. The third kappa shape index (κ3) is 4.61. The van der Waals surface area contributed by atoms with E-state index in [1.165, 1.54) is 16.5 Å². The van der Waals surface area contributed by atoms with Crippen LogP contribution in [0, 0.1) is 5.82 Å². The molecule has 1 heterocycles. The highest BCUT2D eigenvalue weighted by molar-refractivity contribution is 7.99. The van der Waals surface area contributed by atoms with Gasteiger partial charge in [-0.2, -0.15) is 0 Å². The zero-order valence-corrected chi connectivity index (χ0v) is 16.7. The highest BCUT2D eigenvalue weighted by atomic mass is 32.2. The Labute approximate surface area is 162 Å². The van der Waals surface area contributed by atoms with E-state index in [1.54, 1.807) is 35.7 Å². The molecule has 0 saturated carbocycles. The Bertz CT molecular complexity index is 754. The second-order valence-electron chi connectivity index (χ2n) is 6.49. The predicted molar refractivity (Wildman–Crippen MR) is 107 cm³/mol. The standard InChI is InChI=1S/C20H23FN2OS2/c1-22(13-15-7-9-16(25-2)10-8-15)14-19(24)23-11-12-26-20(23)17-5-3-4-6-18(17)21/h3-10,20H,11-14H2,1-2H3/p+1/t20-/m0/s1. The van der Waals surface area contributed by atoms with Gasteiger partial charge in [0.15, 0.2) is 6.54 Å². The third-order valence-corrected chi connectivity index (χ3v) is 6.49. The summed E-state index contributed by atoms with van der Waals surface area (Å²) in [6.07, 6.45) is 2.06. The molecule has 0 spiro atoms. The number of halogens is 1. The number of carbonyl (C=O) groups is 1. The normalized spacial score (nSPS) is 18.1. The number of nitrogens with zero attached hydrogens (tertiary/aromatic N) is 1. The average Bonchev–Trinajstić information content (AvgIpc) is 3.12. The molecule has 6 heteroatoms. The molecule has 2 aromatic carbocycles. The van der Waals surface area contributed by atoms with E-state index in [0.29, 0.717) is 18.7 Å². The summed E-state index contributed by atoms with van der Waals surface area (Å²) in [4.78, 5) is 17.0. The molecule has 1 saturated heterocycles. The molecule has 0 radical (unpaired) electrons. The molecule has 1 amide bonds. The van der Waals surface area contributed by atoms with Crippen LogP contribution in [-0.2, 0) is 11.3 Å². The second-order valence-corrected chi connectivity index (χ2v) is 8.56. The van der Waals surface area contributed by atoms with Gasteiger partial charge in [-0.25, -0.2) is 4.39 Å². The van der Waals surface area contributed by atoms with Gasteiger partial charge in [-0.15, -0.1) is 23.5 Å². The molecule has 2 aromatic rings. The molecule has 0 aromatic heterocycles. The Morgan fingerprint density at radius 1 is 1.27 bits per heavy atom. The summed E-state index contributed by atoms with van der Waals surface area (Å²) >= 11 is 3.36. The van der Waals surface area contributed by atoms with Crippen LogP contribution < -0.4 is 4.90 Å². The van der Waals surface area contributed by atoms with Crippen molar-refractivity contribution in [1.82, 2.24) is 4.90 Å². The van der Waals surface area contributed by atoms with E-state index >= 15 is 0 Å². The number of quaternary nitrogens is 1. The maximum atomic E-state index is 14.1. The highest BCUT2D eigenvalue weighted by Gasteiger charge is 2.33. The van der Waals surface area contributed by atoms with Gasteiger partial charge in [-0.05, 0) is 24.5 Å². The number of thioether (sulfide) groups is 2. The van der Waals surface area contributed by atoms with Crippen molar-refractivity contribution in [2.45, 2.75) is 16.8 Å². The summed E-state index contributed by atoms with van der Waals surface area (Å²) in [5.74, 6) is 0.695. The van der Waals surface area contributed by atoms with Crippen molar-refractivity contribution in [3.8, 4) is 0 Å². The zero-order valence-electron chi connectivity index (χ0n) is 15.1. The molecule has 1 N–H and O–H groups in total. The van der Waals surface area contributed by atoms with Crippen molar-refractivity contribution >= 4 is 29.4 Å². The van der Waals surface area contributed by atoms with Crippen LogP contribution in [-0.4, -0.2) is 43.0 Å². The Morgan fingerprint density at radius 2 is 2.00 bits per heavy atom. The van der Waals surface area contributed by atoms with Crippen LogP contribution in [0.3, 0.4) is 0 Å². The predicted octanol–water partition coefficient (Wildman–Crippen LogP) is 2.84. The first-order valence-electron chi connectivity index (χ1n) is 8.68. The number of likely N-dealkylation sites (N-methyl/N-ethyl adjacent to an activating group) is 1. The van der Waals surface area contributed by atoms with Crippen LogP contribution in [0.2, 0.25) is 0 Å². The van der Waals surface area contributed by atoms with Crippen molar-refractivity contribution in [3.63, 3.8) is 0 Å². The van der Waals surface area contributed by atoms with Gasteiger partial charge in [0.2, 0.25) is 0 Å². The fourth-order valence-electron chi connectivity index (χ4n) is 3.17. The van der Waals surface area contributed by atoms with Crippen LogP contribution in [0.4, 0.5) is 4.39 Å². The number of benzene rings is 2. The van der Waals surface area contributed by atoms with Gasteiger partial charge in [0.05, 0.1) is 7.05 Å². The number of rotatable bonds is 6. The molecular weight excluding hydrogens is 367 g/mol. The van der Waals surface area contributed by atoms with Crippen molar-refractivity contribution in [2.24, 2.45) is 0 Å². The number of hydrogen-bond acceptors (Lipinski definition) is 3. The van der Waals surface area contributed by atoms with Crippen LogP contribution in [0.25, 0.3) is 0 Å². The lowest BCUT2D eigenvalue weighted by Gasteiger charge is -2.25. The van der Waals surface area contributed by atoms with Gasteiger partial charge in [-0.3, -0.25) is 4.79 Å². The Kier molecular flexibility index (Phi) is 6.62. The smallest absolute Gasteiger partial charge is 0.278 e. The van der Waals surface area contributed by atoms with Crippen molar-refractivity contribution < 1.29 is 14.1 Å². The first-order valence-corrected chi connectivity index (χ1v) is 11.0. The van der Waals surface area contributed by atoms with E-state index in [-0.39, 0.29) is 17.1 Å². The van der Waals surface area contributed by atoms with E-state index in [9.17, 15) is 9.18 Å². The van der Waals surface area contributed by atoms with Gasteiger partial charge in [0.25, 0.3) is 5.91 Å². The van der Waals surface area contributed by atoms with E-state index in [4.69, 9.17) is 0 Å². The van der Waals surface area contributed by atoms with Gasteiger partial charge in [0, 0.05) is 28.3 Å². The highest BCUT2D eigenvalue weighted by Crippen LogP contribution is 2.38. The van der Waals surface area contributed by atoms with Gasteiger partial charge < -0.3 is 9.80 Å². The lowest BCUT2D eigenvalue weighted by atomic mass is 10.2.